The van der Waals surface area contributed by atoms with Gasteiger partial charge in [0.25, 0.3) is 0 Å². The molecule has 0 N–H and O–H groups in total. The molecule has 2 rings (SSSR count). The van der Waals surface area contributed by atoms with Crippen LogP contribution in [0.4, 0.5) is 0 Å². The first-order chi connectivity index (χ1) is 9.56. The third kappa shape index (κ3) is 3.07. The van der Waals surface area contributed by atoms with E-state index in [4.69, 9.17) is 16.3 Å². The molecule has 5 heteroatoms. The Morgan fingerprint density at radius 3 is 2.60 bits per heavy atom. The van der Waals surface area contributed by atoms with Crippen LogP contribution in [-0.2, 0) is 4.74 Å². The average Bonchev–Trinajstić information content (AvgIpc) is 2.82. The number of rotatable bonds is 5. The van der Waals surface area contributed by atoms with E-state index in [1.54, 1.807) is 18.0 Å². The highest BCUT2D eigenvalue weighted by atomic mass is 35.5. The molecule has 1 aromatic heterocycles. The van der Waals surface area contributed by atoms with E-state index in [2.05, 4.69) is 5.10 Å². The van der Waals surface area contributed by atoms with Crippen LogP contribution in [0.5, 0.6) is 0 Å². The van der Waals surface area contributed by atoms with Crippen LogP contribution in [-0.4, -0.2) is 28.8 Å². The summed E-state index contributed by atoms with van der Waals surface area (Å²) in [5.41, 5.74) is 0.485. The lowest BCUT2D eigenvalue weighted by atomic mass is 9.83. The Bertz CT molecular complexity index is 464. The Balaban J connectivity index is 2.26. The van der Waals surface area contributed by atoms with Gasteiger partial charge in [0.1, 0.15) is 11.8 Å². The van der Waals surface area contributed by atoms with Crippen LogP contribution in [0.1, 0.15) is 62.5 Å². The summed E-state index contributed by atoms with van der Waals surface area (Å²) in [6.07, 6.45) is 6.86. The molecule has 0 aliphatic heterocycles. The van der Waals surface area contributed by atoms with Gasteiger partial charge in [0.2, 0.25) is 5.78 Å². The van der Waals surface area contributed by atoms with E-state index in [0.29, 0.717) is 16.6 Å². The minimum absolute atomic E-state index is 0.0319. The van der Waals surface area contributed by atoms with Crippen molar-refractivity contribution in [3.8, 4) is 0 Å². The second kappa shape index (κ2) is 6.72. The van der Waals surface area contributed by atoms with Gasteiger partial charge in [-0.2, -0.15) is 5.10 Å². The second-order valence-electron chi connectivity index (χ2n) is 5.80. The molecule has 1 fully saturated rings. The number of ether oxygens (including phenoxy) is 1. The highest BCUT2D eigenvalue weighted by molar-refractivity contribution is 6.33. The summed E-state index contributed by atoms with van der Waals surface area (Å²) < 4.78 is 7.21. The lowest BCUT2D eigenvalue weighted by Gasteiger charge is -2.28. The zero-order valence-electron chi connectivity index (χ0n) is 12.4. The Hall–Kier alpha value is -0.870. The van der Waals surface area contributed by atoms with Crippen LogP contribution < -0.4 is 0 Å². The molecule has 0 bridgehead atoms. The van der Waals surface area contributed by atoms with Gasteiger partial charge in [0, 0.05) is 13.2 Å². The summed E-state index contributed by atoms with van der Waals surface area (Å²) in [5.74, 6) is 0.267. The van der Waals surface area contributed by atoms with Crippen LogP contribution in [0.25, 0.3) is 0 Å². The van der Waals surface area contributed by atoms with Gasteiger partial charge in [-0.05, 0) is 32.6 Å². The summed E-state index contributed by atoms with van der Waals surface area (Å²) in [6, 6.07) is 0.102. The fourth-order valence-corrected chi connectivity index (χ4v) is 3.27. The number of carbonyl (C=O) groups is 1. The van der Waals surface area contributed by atoms with Gasteiger partial charge in [0.05, 0.1) is 11.2 Å². The van der Waals surface area contributed by atoms with E-state index in [0.717, 1.165) is 12.8 Å². The lowest BCUT2D eigenvalue weighted by molar-refractivity contribution is 0.0304. The number of hydrogen-bond acceptors (Lipinski definition) is 3. The Morgan fingerprint density at radius 2 is 2.05 bits per heavy atom. The van der Waals surface area contributed by atoms with E-state index < -0.39 is 6.10 Å². The highest BCUT2D eigenvalue weighted by Crippen LogP contribution is 2.31. The van der Waals surface area contributed by atoms with Crippen molar-refractivity contribution in [1.29, 1.82) is 0 Å². The molecule has 1 saturated carbocycles. The van der Waals surface area contributed by atoms with Crippen molar-refractivity contribution in [2.75, 3.05) is 7.11 Å². The molecule has 20 heavy (non-hydrogen) atoms. The molecule has 1 aromatic rings. The minimum Gasteiger partial charge on any atom is -0.373 e. The third-order valence-corrected chi connectivity index (χ3v) is 4.34. The summed E-state index contributed by atoms with van der Waals surface area (Å²) in [6.45, 7) is 3.98. The van der Waals surface area contributed by atoms with Crippen LogP contribution >= 0.6 is 11.6 Å². The lowest BCUT2D eigenvalue weighted by Crippen LogP contribution is -2.34. The van der Waals surface area contributed by atoms with E-state index in [-0.39, 0.29) is 11.8 Å². The quantitative estimate of drug-likeness (QED) is 0.775. The first-order valence-electron chi connectivity index (χ1n) is 7.36. The number of nitrogens with zero attached hydrogens (tertiary/aromatic N) is 2. The molecule has 0 amide bonds. The zero-order valence-corrected chi connectivity index (χ0v) is 13.2. The Labute approximate surface area is 125 Å². The molecule has 0 spiro atoms. The number of Topliss-reactive ketones (excluding diaryl/α,β-unsaturated/α-hetero) is 1. The van der Waals surface area contributed by atoms with Gasteiger partial charge < -0.3 is 4.74 Å². The molecule has 1 heterocycles. The summed E-state index contributed by atoms with van der Waals surface area (Å²) in [5, 5.41) is 4.62. The molecule has 112 valence electrons. The number of hydrogen-bond donors (Lipinski definition) is 0. The fraction of sp³-hybridized carbons (Fsp3) is 0.733. The molecule has 0 radical (unpaired) electrons. The molecular formula is C15H23ClN2O2. The van der Waals surface area contributed by atoms with Crippen molar-refractivity contribution >= 4 is 17.4 Å². The summed E-state index contributed by atoms with van der Waals surface area (Å²) in [7, 11) is 1.61. The number of aromatic nitrogens is 2. The van der Waals surface area contributed by atoms with Gasteiger partial charge in [-0.3, -0.25) is 9.48 Å². The maximum Gasteiger partial charge on any atom is 0.211 e. The second-order valence-corrected chi connectivity index (χ2v) is 6.21. The number of carbonyl (C=O) groups excluding carboxylic acids is 1. The predicted octanol–water partition coefficient (Wildman–Crippen LogP) is 3.90. The predicted molar refractivity (Wildman–Crippen MR) is 79.3 cm³/mol. The van der Waals surface area contributed by atoms with Crippen molar-refractivity contribution in [3.63, 3.8) is 0 Å². The van der Waals surface area contributed by atoms with Crippen LogP contribution in [0, 0.1) is 5.92 Å². The van der Waals surface area contributed by atoms with Gasteiger partial charge in [-0.15, -0.1) is 0 Å². The normalized spacial score (nSPS) is 18.4. The summed E-state index contributed by atoms with van der Waals surface area (Å²) >= 11 is 6.16. The van der Waals surface area contributed by atoms with Crippen molar-refractivity contribution in [3.05, 3.63) is 16.9 Å². The van der Waals surface area contributed by atoms with Crippen LogP contribution in [0.2, 0.25) is 5.02 Å². The molecule has 0 aromatic carbocycles. The van der Waals surface area contributed by atoms with Crippen molar-refractivity contribution in [2.24, 2.45) is 5.92 Å². The Morgan fingerprint density at radius 1 is 1.40 bits per heavy atom. The minimum atomic E-state index is -0.401. The smallest absolute Gasteiger partial charge is 0.211 e. The van der Waals surface area contributed by atoms with Crippen molar-refractivity contribution < 1.29 is 9.53 Å². The Kier molecular flexibility index (Phi) is 5.22. The van der Waals surface area contributed by atoms with E-state index in [9.17, 15) is 4.79 Å². The first kappa shape index (κ1) is 15.5. The molecule has 0 saturated heterocycles. The highest BCUT2D eigenvalue weighted by Gasteiger charge is 2.33. The maximum absolute atomic E-state index is 12.8. The van der Waals surface area contributed by atoms with E-state index >= 15 is 0 Å². The van der Waals surface area contributed by atoms with Gasteiger partial charge in [-0.25, -0.2) is 0 Å². The van der Waals surface area contributed by atoms with Crippen molar-refractivity contribution in [1.82, 2.24) is 9.78 Å². The molecule has 1 atom stereocenters. The summed E-state index contributed by atoms with van der Waals surface area (Å²) in [4.78, 5) is 12.8. The zero-order chi connectivity index (χ0) is 14.7. The molecule has 4 nitrogen and oxygen atoms in total. The molecule has 1 aliphatic rings. The maximum atomic E-state index is 12.8. The SMILES string of the molecule is COC(C(=O)c1c(Cl)cnn1C(C)C)C1CCCCC1. The van der Waals surface area contributed by atoms with E-state index in [1.165, 1.54) is 19.3 Å². The molecular weight excluding hydrogens is 276 g/mol. The average molecular weight is 299 g/mol. The van der Waals surface area contributed by atoms with Gasteiger partial charge in [-0.1, -0.05) is 30.9 Å². The number of methoxy groups -OCH3 is 1. The monoisotopic (exact) mass is 298 g/mol. The van der Waals surface area contributed by atoms with Crippen LogP contribution in [0.15, 0.2) is 6.20 Å². The van der Waals surface area contributed by atoms with Gasteiger partial charge in [0.15, 0.2) is 0 Å². The molecule has 1 aliphatic carbocycles. The largest absolute Gasteiger partial charge is 0.373 e. The number of ketones is 1. The first-order valence-corrected chi connectivity index (χ1v) is 7.74. The standard InChI is InChI=1S/C15H23ClN2O2/c1-10(2)18-13(12(16)9-17-18)14(19)15(20-3)11-7-5-4-6-8-11/h9-11,15H,4-8H2,1-3H3. The van der Waals surface area contributed by atoms with Gasteiger partial charge >= 0.3 is 0 Å². The number of halogens is 1. The third-order valence-electron chi connectivity index (χ3n) is 4.06. The topological polar surface area (TPSA) is 44.1 Å². The fourth-order valence-electron chi connectivity index (χ4n) is 3.05. The van der Waals surface area contributed by atoms with Crippen molar-refractivity contribution in [2.45, 2.75) is 58.1 Å². The van der Waals surface area contributed by atoms with E-state index in [1.807, 2.05) is 13.8 Å². The molecule has 1 unspecified atom stereocenters. The van der Waals surface area contributed by atoms with Crippen LogP contribution in [0.3, 0.4) is 0 Å².